The van der Waals surface area contributed by atoms with Gasteiger partial charge in [-0.3, -0.25) is 9.59 Å². The van der Waals surface area contributed by atoms with Crippen LogP contribution in [0.3, 0.4) is 0 Å². The topological polar surface area (TPSA) is 58.6 Å². The fourth-order valence-electron chi connectivity index (χ4n) is 4.43. The first-order valence-electron chi connectivity index (χ1n) is 12.1. The number of hydrogen-bond acceptors (Lipinski definition) is 3. The van der Waals surface area contributed by atoms with E-state index in [4.69, 9.17) is 27.9 Å². The Morgan fingerprint density at radius 1 is 1.12 bits per heavy atom. The van der Waals surface area contributed by atoms with Crippen molar-refractivity contribution in [3.63, 3.8) is 0 Å². The first kappa shape index (κ1) is 26.4. The molecule has 1 N–H and O–H groups in total. The number of amides is 2. The Bertz CT molecular complexity index is 990. The van der Waals surface area contributed by atoms with Crippen molar-refractivity contribution in [2.75, 3.05) is 6.61 Å². The van der Waals surface area contributed by atoms with Gasteiger partial charge in [0.05, 0.1) is 0 Å². The van der Waals surface area contributed by atoms with E-state index >= 15 is 0 Å². The van der Waals surface area contributed by atoms with Gasteiger partial charge in [0.1, 0.15) is 11.8 Å². The summed E-state index contributed by atoms with van der Waals surface area (Å²) in [5, 5.41) is 4.13. The predicted molar refractivity (Wildman–Crippen MR) is 138 cm³/mol. The number of carbonyl (C=O) groups is 2. The van der Waals surface area contributed by atoms with E-state index in [-0.39, 0.29) is 36.9 Å². The highest BCUT2D eigenvalue weighted by molar-refractivity contribution is 6.35. The molecule has 2 aromatic carbocycles. The van der Waals surface area contributed by atoms with E-state index in [0.717, 1.165) is 36.8 Å². The summed E-state index contributed by atoms with van der Waals surface area (Å²) >= 11 is 12.5. The Kier molecular flexibility index (Phi) is 9.66. The lowest BCUT2D eigenvalue weighted by atomic mass is 10.0. The van der Waals surface area contributed by atoms with Gasteiger partial charge in [-0.25, -0.2) is 0 Å². The second-order valence-corrected chi connectivity index (χ2v) is 10.00. The molecule has 0 spiro atoms. The second kappa shape index (κ2) is 12.5. The van der Waals surface area contributed by atoms with Crippen LogP contribution in [0.5, 0.6) is 5.75 Å². The van der Waals surface area contributed by atoms with Gasteiger partial charge in [0.2, 0.25) is 5.91 Å². The van der Waals surface area contributed by atoms with Crippen molar-refractivity contribution in [2.45, 2.75) is 77.4 Å². The predicted octanol–water partition coefficient (Wildman–Crippen LogP) is 6.36. The van der Waals surface area contributed by atoms with Gasteiger partial charge >= 0.3 is 0 Å². The Morgan fingerprint density at radius 3 is 2.47 bits per heavy atom. The van der Waals surface area contributed by atoms with Crippen LogP contribution in [0.1, 0.15) is 69.9 Å². The van der Waals surface area contributed by atoms with Crippen LogP contribution in [0, 0.1) is 0 Å². The molecule has 0 saturated heterocycles. The van der Waals surface area contributed by atoms with Gasteiger partial charge in [-0.2, -0.15) is 0 Å². The lowest BCUT2D eigenvalue weighted by Gasteiger charge is -2.31. The molecule has 0 aromatic heterocycles. The molecule has 7 heteroatoms. The largest absolute Gasteiger partial charge is 0.483 e. The number of halogens is 2. The Morgan fingerprint density at radius 2 is 1.82 bits per heavy atom. The van der Waals surface area contributed by atoms with E-state index in [2.05, 4.69) is 19.2 Å². The van der Waals surface area contributed by atoms with Gasteiger partial charge in [-0.1, -0.05) is 81.1 Å². The molecule has 1 fully saturated rings. The van der Waals surface area contributed by atoms with Crippen molar-refractivity contribution in [3.8, 4) is 5.75 Å². The number of benzene rings is 2. The highest BCUT2D eigenvalue weighted by Gasteiger charge is 2.31. The lowest BCUT2D eigenvalue weighted by molar-refractivity contribution is -0.143. The summed E-state index contributed by atoms with van der Waals surface area (Å²) in [6.07, 6.45) is 4.68. The number of para-hydroxylation sites is 1. The molecule has 0 unspecified atom stereocenters. The van der Waals surface area contributed by atoms with Gasteiger partial charge in [0, 0.05) is 22.6 Å². The number of carbonyl (C=O) groups excluding carboxylic acids is 2. The SMILES string of the molecule is CC[C@H](C(=O)NC1CCCC1)N(Cc1ccc(Cl)cc1Cl)C(=O)COc1ccccc1C(C)C. The minimum Gasteiger partial charge on any atom is -0.483 e. The zero-order chi connectivity index (χ0) is 24.7. The van der Waals surface area contributed by atoms with Crippen molar-refractivity contribution < 1.29 is 14.3 Å². The third-order valence-electron chi connectivity index (χ3n) is 6.34. The molecule has 1 aliphatic rings. The van der Waals surface area contributed by atoms with Gasteiger partial charge in [0.25, 0.3) is 5.91 Å². The quantitative estimate of drug-likeness (QED) is 0.409. The minimum absolute atomic E-state index is 0.129. The lowest BCUT2D eigenvalue weighted by Crippen LogP contribution is -2.52. The van der Waals surface area contributed by atoms with Crippen molar-refractivity contribution in [2.24, 2.45) is 0 Å². The Hall–Kier alpha value is -2.24. The summed E-state index contributed by atoms with van der Waals surface area (Å²) in [5.74, 6) is 0.544. The monoisotopic (exact) mass is 504 g/mol. The zero-order valence-electron chi connectivity index (χ0n) is 20.2. The summed E-state index contributed by atoms with van der Waals surface area (Å²) in [4.78, 5) is 28.3. The fourth-order valence-corrected chi connectivity index (χ4v) is 4.90. The summed E-state index contributed by atoms with van der Waals surface area (Å²) in [6, 6.07) is 12.4. The first-order chi connectivity index (χ1) is 16.3. The van der Waals surface area contributed by atoms with E-state index < -0.39 is 6.04 Å². The number of rotatable bonds is 10. The normalized spacial score (nSPS) is 14.8. The van der Waals surface area contributed by atoms with E-state index in [1.165, 1.54) is 0 Å². The minimum atomic E-state index is -0.621. The van der Waals surface area contributed by atoms with Crippen molar-refractivity contribution in [1.29, 1.82) is 0 Å². The molecular formula is C27H34Cl2N2O3. The van der Waals surface area contributed by atoms with Crippen molar-refractivity contribution in [3.05, 3.63) is 63.6 Å². The number of ether oxygens (including phenoxy) is 1. The maximum atomic E-state index is 13.5. The third kappa shape index (κ3) is 6.89. The Labute approximate surface area is 212 Å². The van der Waals surface area contributed by atoms with Crippen LogP contribution in [0.15, 0.2) is 42.5 Å². The fraction of sp³-hybridized carbons (Fsp3) is 0.481. The van der Waals surface area contributed by atoms with Gasteiger partial charge in [-0.05, 0) is 54.5 Å². The molecule has 34 heavy (non-hydrogen) atoms. The maximum absolute atomic E-state index is 13.5. The maximum Gasteiger partial charge on any atom is 0.261 e. The summed E-state index contributed by atoms with van der Waals surface area (Å²) in [6.45, 7) is 6.11. The van der Waals surface area contributed by atoms with E-state index in [9.17, 15) is 9.59 Å². The molecule has 1 saturated carbocycles. The molecule has 1 atom stereocenters. The van der Waals surface area contributed by atoms with Gasteiger partial charge in [0.15, 0.2) is 6.61 Å². The first-order valence-corrected chi connectivity index (χ1v) is 12.8. The average molecular weight is 505 g/mol. The highest BCUT2D eigenvalue weighted by Crippen LogP contribution is 2.27. The molecular weight excluding hydrogens is 471 g/mol. The summed E-state index contributed by atoms with van der Waals surface area (Å²) in [5.41, 5.74) is 1.77. The van der Waals surface area contributed by atoms with E-state index in [1.54, 1.807) is 23.1 Å². The Balaban J connectivity index is 1.82. The van der Waals surface area contributed by atoms with Crippen LogP contribution in [-0.2, 0) is 16.1 Å². The average Bonchev–Trinajstić information content (AvgIpc) is 3.31. The third-order valence-corrected chi connectivity index (χ3v) is 6.92. The molecule has 1 aliphatic carbocycles. The molecule has 0 heterocycles. The molecule has 2 aromatic rings. The van der Waals surface area contributed by atoms with Crippen LogP contribution in [0.4, 0.5) is 0 Å². The van der Waals surface area contributed by atoms with E-state index in [0.29, 0.717) is 22.2 Å². The molecule has 0 radical (unpaired) electrons. The zero-order valence-corrected chi connectivity index (χ0v) is 21.7. The summed E-state index contributed by atoms with van der Waals surface area (Å²) < 4.78 is 5.96. The van der Waals surface area contributed by atoms with Crippen LogP contribution in [0.25, 0.3) is 0 Å². The number of nitrogens with zero attached hydrogens (tertiary/aromatic N) is 1. The van der Waals surface area contributed by atoms with Crippen LogP contribution in [0.2, 0.25) is 10.0 Å². The molecule has 0 aliphatic heterocycles. The van der Waals surface area contributed by atoms with Crippen molar-refractivity contribution in [1.82, 2.24) is 10.2 Å². The second-order valence-electron chi connectivity index (χ2n) is 9.15. The smallest absolute Gasteiger partial charge is 0.261 e. The molecule has 2 amide bonds. The van der Waals surface area contributed by atoms with Crippen molar-refractivity contribution >= 4 is 35.0 Å². The van der Waals surface area contributed by atoms with E-state index in [1.807, 2.05) is 31.2 Å². The molecule has 184 valence electrons. The number of hydrogen-bond donors (Lipinski definition) is 1. The molecule has 5 nitrogen and oxygen atoms in total. The van der Waals surface area contributed by atoms with Gasteiger partial charge < -0.3 is 15.0 Å². The highest BCUT2D eigenvalue weighted by atomic mass is 35.5. The van der Waals surface area contributed by atoms with Gasteiger partial charge in [-0.15, -0.1) is 0 Å². The van der Waals surface area contributed by atoms with Crippen LogP contribution in [-0.4, -0.2) is 35.4 Å². The van der Waals surface area contributed by atoms with Crippen LogP contribution < -0.4 is 10.1 Å². The summed E-state index contributed by atoms with van der Waals surface area (Å²) in [7, 11) is 0. The van der Waals surface area contributed by atoms with Crippen LogP contribution >= 0.6 is 23.2 Å². The number of nitrogens with one attached hydrogen (secondary N) is 1. The molecule has 3 rings (SSSR count). The molecule has 0 bridgehead atoms. The standard InChI is InChI=1S/C27H34Cl2N2O3/c1-4-24(27(33)30-21-9-5-6-10-21)31(16-19-13-14-20(28)15-23(19)29)26(32)17-34-25-12-8-7-11-22(25)18(2)3/h7-8,11-15,18,21,24H,4-6,9-10,16-17H2,1-3H3,(H,30,33)/t24-/m1/s1.